The maximum Gasteiger partial charge on any atom is 0.475 e. The van der Waals surface area contributed by atoms with E-state index in [4.69, 9.17) is 13.6 Å². The topological polar surface area (TPSA) is 44.8 Å². The van der Waals surface area contributed by atoms with E-state index in [0.29, 0.717) is 0 Å². The maximum absolute atomic E-state index is 14.2. The summed E-state index contributed by atoms with van der Waals surface area (Å²) >= 11 is 0. The zero-order valence-corrected chi connectivity index (χ0v) is 23.4. The van der Waals surface area contributed by atoms with Crippen molar-refractivity contribution in [2.75, 3.05) is 0 Å². The summed E-state index contributed by atoms with van der Waals surface area (Å²) in [6.07, 6.45) is 18.6. The van der Waals surface area contributed by atoms with Crippen LogP contribution in [0.4, 0.5) is 0 Å². The van der Waals surface area contributed by atoms with Crippen LogP contribution in [0.25, 0.3) is 0 Å². The van der Waals surface area contributed by atoms with E-state index < -0.39 is 7.82 Å². The molecule has 0 bridgehead atoms. The molecule has 0 N–H and O–H groups in total. The lowest BCUT2D eigenvalue weighted by Gasteiger charge is -2.30. The molecule has 0 saturated carbocycles. The molecule has 4 nitrogen and oxygen atoms in total. The van der Waals surface area contributed by atoms with Gasteiger partial charge in [-0.25, -0.2) is 4.57 Å². The van der Waals surface area contributed by atoms with Crippen LogP contribution in [0, 0.1) is 0 Å². The van der Waals surface area contributed by atoms with Crippen LogP contribution < -0.4 is 0 Å². The number of phosphoric acid groups is 1. The highest BCUT2D eigenvalue weighted by atomic mass is 31.2. The Morgan fingerprint density at radius 2 is 0.625 bits per heavy atom. The van der Waals surface area contributed by atoms with Crippen molar-refractivity contribution in [3.05, 3.63) is 0 Å². The van der Waals surface area contributed by atoms with Crippen molar-refractivity contribution in [3.8, 4) is 0 Å². The lowest BCUT2D eigenvalue weighted by Crippen LogP contribution is -2.22. The molecule has 0 atom stereocenters. The van der Waals surface area contributed by atoms with Gasteiger partial charge in [0.25, 0.3) is 0 Å². The van der Waals surface area contributed by atoms with Gasteiger partial charge >= 0.3 is 7.82 Å². The van der Waals surface area contributed by atoms with E-state index >= 15 is 0 Å². The van der Waals surface area contributed by atoms with Gasteiger partial charge in [0.2, 0.25) is 0 Å². The Kier molecular flexibility index (Phi) is 21.7. The molecule has 0 aliphatic carbocycles. The van der Waals surface area contributed by atoms with Gasteiger partial charge in [-0.2, -0.15) is 0 Å². The average molecular weight is 477 g/mol. The van der Waals surface area contributed by atoms with E-state index in [9.17, 15) is 4.57 Å². The molecule has 0 heterocycles. The molecule has 0 radical (unpaired) electrons. The molecule has 5 heteroatoms. The first-order chi connectivity index (χ1) is 15.5. The third-order valence-corrected chi connectivity index (χ3v) is 7.78. The second-order valence-electron chi connectivity index (χ2n) is 9.48. The van der Waals surface area contributed by atoms with E-state index in [2.05, 4.69) is 41.5 Å². The minimum atomic E-state index is -3.63. The minimum Gasteiger partial charge on any atom is -0.284 e. The van der Waals surface area contributed by atoms with E-state index in [-0.39, 0.29) is 18.3 Å². The first-order valence-corrected chi connectivity index (χ1v) is 15.6. The Labute approximate surface area is 201 Å². The molecule has 194 valence electrons. The lowest BCUT2D eigenvalue weighted by atomic mass is 10.1. The molecule has 0 saturated heterocycles. The van der Waals surface area contributed by atoms with Crippen molar-refractivity contribution in [1.82, 2.24) is 0 Å². The summed E-state index contributed by atoms with van der Waals surface area (Å²) in [5.74, 6) is 0. The normalized spacial score (nSPS) is 12.5. The van der Waals surface area contributed by atoms with Crippen molar-refractivity contribution >= 4 is 7.82 Å². The van der Waals surface area contributed by atoms with E-state index in [1.165, 1.54) is 0 Å². The first-order valence-electron chi connectivity index (χ1n) is 14.1. The van der Waals surface area contributed by atoms with Crippen molar-refractivity contribution < 1.29 is 18.1 Å². The SMILES string of the molecule is CCCCC(CCCC)OP(=O)(OC(CCCC)CCCC)OC(CCCC)CCCC. The Hall–Kier alpha value is 0.110. The summed E-state index contributed by atoms with van der Waals surface area (Å²) in [4.78, 5) is 0. The fourth-order valence-corrected chi connectivity index (χ4v) is 5.84. The number of hydrogen-bond acceptors (Lipinski definition) is 4. The van der Waals surface area contributed by atoms with Gasteiger partial charge in [-0.3, -0.25) is 13.6 Å². The number of rotatable bonds is 24. The summed E-state index contributed by atoms with van der Waals surface area (Å²) in [6.45, 7) is 13.2. The van der Waals surface area contributed by atoms with Gasteiger partial charge in [-0.15, -0.1) is 0 Å². The van der Waals surface area contributed by atoms with Crippen LogP contribution >= 0.6 is 7.82 Å². The third kappa shape index (κ3) is 16.7. The predicted octanol–water partition coefficient (Wildman–Crippen LogP) is 10.4. The molecule has 0 amide bonds. The number of phosphoric ester groups is 1. The van der Waals surface area contributed by atoms with Crippen LogP contribution in [0.1, 0.15) is 157 Å². The molecule has 0 aromatic carbocycles. The van der Waals surface area contributed by atoms with Crippen molar-refractivity contribution in [2.45, 2.75) is 175 Å². The minimum absolute atomic E-state index is 0.0447. The smallest absolute Gasteiger partial charge is 0.284 e. The molecule has 0 aromatic rings. The molecule has 32 heavy (non-hydrogen) atoms. The van der Waals surface area contributed by atoms with E-state index in [1.54, 1.807) is 0 Å². The first kappa shape index (κ1) is 32.1. The van der Waals surface area contributed by atoms with Gasteiger partial charge in [0.15, 0.2) is 0 Å². The van der Waals surface area contributed by atoms with Gasteiger partial charge in [0.1, 0.15) is 0 Å². The molecule has 0 rings (SSSR count). The lowest BCUT2D eigenvalue weighted by molar-refractivity contribution is 0.0161. The summed E-state index contributed by atoms with van der Waals surface area (Å²) in [5.41, 5.74) is 0. The molecule has 0 spiro atoms. The Morgan fingerprint density at radius 3 is 0.781 bits per heavy atom. The van der Waals surface area contributed by atoms with E-state index in [1.807, 2.05) is 0 Å². The molecular formula is C27H57O4P. The van der Waals surface area contributed by atoms with Crippen molar-refractivity contribution in [1.29, 1.82) is 0 Å². The average Bonchev–Trinajstić information content (AvgIpc) is 2.79. The summed E-state index contributed by atoms with van der Waals surface area (Å²) < 4.78 is 33.2. The highest BCUT2D eigenvalue weighted by Gasteiger charge is 2.36. The molecule has 0 aromatic heterocycles. The fraction of sp³-hybridized carbons (Fsp3) is 1.00. The fourth-order valence-electron chi connectivity index (χ4n) is 3.96. The second kappa shape index (κ2) is 21.6. The third-order valence-electron chi connectivity index (χ3n) is 6.11. The van der Waals surface area contributed by atoms with Gasteiger partial charge < -0.3 is 0 Å². The van der Waals surface area contributed by atoms with Gasteiger partial charge in [-0.05, 0) is 38.5 Å². The van der Waals surface area contributed by atoms with Crippen LogP contribution in [0.3, 0.4) is 0 Å². The molecule has 0 fully saturated rings. The standard InChI is InChI=1S/C27H57O4P/c1-7-13-19-25(20-14-8-2)29-32(28,30-26(21-15-9-3)22-16-10-4)31-27(23-17-11-5)24-18-12-6/h25-27H,7-24H2,1-6H3. The predicted molar refractivity (Wildman–Crippen MR) is 139 cm³/mol. The Morgan fingerprint density at radius 1 is 0.438 bits per heavy atom. The summed E-state index contributed by atoms with van der Waals surface area (Å²) in [5, 5.41) is 0. The molecule has 0 unspecified atom stereocenters. The van der Waals surface area contributed by atoms with Crippen LogP contribution in [-0.2, 0) is 18.1 Å². The van der Waals surface area contributed by atoms with Crippen LogP contribution in [0.2, 0.25) is 0 Å². The van der Waals surface area contributed by atoms with Crippen LogP contribution in [0.15, 0.2) is 0 Å². The number of unbranched alkanes of at least 4 members (excludes halogenated alkanes) is 6. The highest BCUT2D eigenvalue weighted by Crippen LogP contribution is 2.55. The Bertz CT molecular complexity index is 358. The zero-order chi connectivity index (χ0) is 24.1. The zero-order valence-electron chi connectivity index (χ0n) is 22.5. The number of hydrogen-bond donors (Lipinski definition) is 0. The monoisotopic (exact) mass is 476 g/mol. The van der Waals surface area contributed by atoms with Crippen molar-refractivity contribution in [3.63, 3.8) is 0 Å². The van der Waals surface area contributed by atoms with Crippen molar-refractivity contribution in [2.24, 2.45) is 0 Å². The van der Waals surface area contributed by atoms with Gasteiger partial charge in [0, 0.05) is 0 Å². The molecule has 0 aliphatic heterocycles. The summed E-state index contributed by atoms with van der Waals surface area (Å²) in [6, 6.07) is 0. The summed E-state index contributed by atoms with van der Waals surface area (Å²) in [7, 11) is -3.63. The van der Waals surface area contributed by atoms with Gasteiger partial charge in [-0.1, -0.05) is 119 Å². The largest absolute Gasteiger partial charge is 0.475 e. The van der Waals surface area contributed by atoms with E-state index in [0.717, 1.165) is 116 Å². The maximum atomic E-state index is 14.2. The molecular weight excluding hydrogens is 419 g/mol. The Balaban J connectivity index is 5.60. The van der Waals surface area contributed by atoms with Crippen LogP contribution in [0.5, 0.6) is 0 Å². The van der Waals surface area contributed by atoms with Gasteiger partial charge in [0.05, 0.1) is 18.3 Å². The second-order valence-corrected chi connectivity index (χ2v) is 11.0. The quantitative estimate of drug-likeness (QED) is 0.130. The highest BCUT2D eigenvalue weighted by molar-refractivity contribution is 7.48. The molecule has 0 aliphatic rings. The van der Waals surface area contributed by atoms with Crippen LogP contribution in [-0.4, -0.2) is 18.3 Å².